The van der Waals surface area contributed by atoms with Gasteiger partial charge in [0.05, 0.1) is 24.0 Å². The van der Waals surface area contributed by atoms with Gasteiger partial charge in [-0.25, -0.2) is 4.98 Å². The van der Waals surface area contributed by atoms with E-state index in [9.17, 15) is 4.79 Å². The van der Waals surface area contributed by atoms with Crippen LogP contribution in [-0.4, -0.2) is 58.5 Å². The molecule has 1 amide bonds. The highest BCUT2D eigenvalue weighted by Gasteiger charge is 2.42. The minimum Gasteiger partial charge on any atom is -0.491 e. The molecule has 0 unspecified atom stereocenters. The summed E-state index contributed by atoms with van der Waals surface area (Å²) in [6.45, 7) is 4.75. The zero-order chi connectivity index (χ0) is 24.8. The number of piperidine rings is 1. The summed E-state index contributed by atoms with van der Waals surface area (Å²) >= 11 is 0. The number of para-hydroxylation sites is 1. The molecule has 0 bridgehead atoms. The molecule has 0 radical (unpaired) electrons. The Balaban J connectivity index is 1.23. The van der Waals surface area contributed by atoms with Crippen LogP contribution in [0.5, 0.6) is 5.75 Å². The van der Waals surface area contributed by atoms with Crippen LogP contribution in [0.25, 0.3) is 0 Å². The fourth-order valence-corrected chi connectivity index (χ4v) is 5.77. The molecule has 0 aliphatic carbocycles. The van der Waals surface area contributed by atoms with E-state index in [2.05, 4.69) is 56.9 Å². The van der Waals surface area contributed by atoms with Gasteiger partial charge in [-0.15, -0.1) is 0 Å². The fraction of sp³-hybridized carbons (Fsp3) is 0.467. The van der Waals surface area contributed by atoms with Crippen LogP contribution >= 0.6 is 0 Å². The first kappa shape index (κ1) is 24.6. The Morgan fingerprint density at radius 1 is 0.917 bits per heavy atom. The second-order valence-corrected chi connectivity index (χ2v) is 10.4. The number of amides is 1. The predicted octanol–water partition coefficient (Wildman–Crippen LogP) is 4.78. The number of imidazole rings is 1. The van der Waals surface area contributed by atoms with Crippen molar-refractivity contribution >= 4 is 5.91 Å². The van der Waals surface area contributed by atoms with Crippen molar-refractivity contribution in [3.05, 3.63) is 83.9 Å². The molecule has 190 valence electrons. The van der Waals surface area contributed by atoms with Gasteiger partial charge in [-0.1, -0.05) is 55.0 Å². The third-order valence-electron chi connectivity index (χ3n) is 8.00. The van der Waals surface area contributed by atoms with Crippen molar-refractivity contribution in [1.29, 1.82) is 0 Å². The van der Waals surface area contributed by atoms with Crippen molar-refractivity contribution in [2.45, 2.75) is 51.6 Å². The predicted molar refractivity (Wildman–Crippen MR) is 142 cm³/mol. The summed E-state index contributed by atoms with van der Waals surface area (Å²) in [5, 5.41) is 0. The SMILES string of the molecule is CN1CCOc2ccccc2CCCCC2(CCN(Cc3cncn3Cc3ccccc3)CC2)C1=O. The molecule has 1 saturated heterocycles. The summed E-state index contributed by atoms with van der Waals surface area (Å²) in [6, 6.07) is 18.9. The first-order valence-electron chi connectivity index (χ1n) is 13.3. The van der Waals surface area contributed by atoms with E-state index in [1.807, 2.05) is 36.6 Å². The first-order chi connectivity index (χ1) is 17.6. The van der Waals surface area contributed by atoms with E-state index in [1.165, 1.54) is 16.8 Å². The third-order valence-corrected chi connectivity index (χ3v) is 8.00. The standard InChI is InChI=1S/C30H38N4O2/c1-32-19-20-36-28-13-6-5-11-26(28)12-7-8-14-30(29(32)35)15-17-33(18-16-30)23-27-21-31-24-34(27)22-25-9-3-2-4-10-25/h2-6,9-11,13,21,24H,7-8,12,14-20,22-23H2,1H3. The number of fused-ring (bicyclic) bond motifs is 1. The molecule has 2 aromatic carbocycles. The molecular formula is C30H38N4O2. The number of benzene rings is 2. The van der Waals surface area contributed by atoms with Crippen LogP contribution in [0, 0.1) is 5.41 Å². The molecule has 3 aromatic rings. The molecule has 0 atom stereocenters. The highest BCUT2D eigenvalue weighted by molar-refractivity contribution is 5.82. The number of aryl methyl sites for hydroxylation is 1. The summed E-state index contributed by atoms with van der Waals surface area (Å²) in [6.07, 6.45) is 9.88. The number of carbonyl (C=O) groups is 1. The molecule has 1 spiro atoms. The van der Waals surface area contributed by atoms with Gasteiger partial charge in [0.25, 0.3) is 0 Å². The topological polar surface area (TPSA) is 50.6 Å². The van der Waals surface area contributed by atoms with Crippen LogP contribution in [-0.2, 0) is 24.3 Å². The molecule has 36 heavy (non-hydrogen) atoms. The monoisotopic (exact) mass is 486 g/mol. The number of carbonyl (C=O) groups excluding carboxylic acids is 1. The average molecular weight is 487 g/mol. The number of hydrogen-bond donors (Lipinski definition) is 0. The van der Waals surface area contributed by atoms with Crippen LogP contribution in [0.3, 0.4) is 0 Å². The molecule has 6 nitrogen and oxygen atoms in total. The summed E-state index contributed by atoms with van der Waals surface area (Å²) < 4.78 is 8.32. The van der Waals surface area contributed by atoms with Gasteiger partial charge in [0.1, 0.15) is 12.4 Å². The van der Waals surface area contributed by atoms with Gasteiger partial charge in [0.15, 0.2) is 0 Å². The Hall–Kier alpha value is -3.12. The molecule has 3 heterocycles. The number of likely N-dealkylation sites (N-methyl/N-ethyl adjacent to an activating group) is 1. The molecule has 2 aliphatic heterocycles. The molecule has 2 aliphatic rings. The van der Waals surface area contributed by atoms with Gasteiger partial charge in [0.2, 0.25) is 5.91 Å². The van der Waals surface area contributed by atoms with Crippen LogP contribution in [0.1, 0.15) is 48.9 Å². The third kappa shape index (κ3) is 5.65. The second kappa shape index (κ2) is 11.3. The van der Waals surface area contributed by atoms with Crippen LogP contribution in [0.15, 0.2) is 67.1 Å². The van der Waals surface area contributed by atoms with E-state index >= 15 is 0 Å². The minimum atomic E-state index is -0.256. The van der Waals surface area contributed by atoms with E-state index in [0.29, 0.717) is 19.1 Å². The average Bonchev–Trinajstić information content (AvgIpc) is 3.34. The van der Waals surface area contributed by atoms with Crippen LogP contribution in [0.2, 0.25) is 0 Å². The fourth-order valence-electron chi connectivity index (χ4n) is 5.77. The number of rotatable bonds is 4. The minimum absolute atomic E-state index is 0.256. The van der Waals surface area contributed by atoms with Gasteiger partial charge < -0.3 is 14.2 Å². The smallest absolute Gasteiger partial charge is 0.228 e. The maximum atomic E-state index is 13.7. The highest BCUT2D eigenvalue weighted by Crippen LogP contribution is 2.39. The molecule has 6 heteroatoms. The van der Waals surface area contributed by atoms with E-state index in [1.54, 1.807) is 0 Å². The lowest BCUT2D eigenvalue weighted by Gasteiger charge is -2.43. The van der Waals surface area contributed by atoms with E-state index in [4.69, 9.17) is 4.74 Å². The zero-order valence-electron chi connectivity index (χ0n) is 21.4. The molecule has 0 N–H and O–H groups in total. The largest absolute Gasteiger partial charge is 0.491 e. The number of nitrogens with zero attached hydrogens (tertiary/aromatic N) is 4. The van der Waals surface area contributed by atoms with Crippen molar-refractivity contribution in [3.63, 3.8) is 0 Å². The lowest BCUT2D eigenvalue weighted by molar-refractivity contribution is -0.145. The van der Waals surface area contributed by atoms with Crippen molar-refractivity contribution in [2.24, 2.45) is 5.41 Å². The molecular weight excluding hydrogens is 448 g/mol. The lowest BCUT2D eigenvalue weighted by Crippen LogP contribution is -2.50. The highest BCUT2D eigenvalue weighted by atomic mass is 16.5. The van der Waals surface area contributed by atoms with Gasteiger partial charge in [-0.05, 0) is 62.4 Å². The lowest BCUT2D eigenvalue weighted by atomic mass is 9.73. The Bertz CT molecular complexity index is 1130. The van der Waals surface area contributed by atoms with Crippen molar-refractivity contribution < 1.29 is 9.53 Å². The van der Waals surface area contributed by atoms with E-state index < -0.39 is 0 Å². The van der Waals surface area contributed by atoms with Gasteiger partial charge in [0, 0.05) is 26.3 Å². The maximum Gasteiger partial charge on any atom is 0.228 e. The van der Waals surface area contributed by atoms with Gasteiger partial charge >= 0.3 is 0 Å². The van der Waals surface area contributed by atoms with E-state index in [-0.39, 0.29) is 5.41 Å². The maximum absolute atomic E-state index is 13.7. The number of likely N-dealkylation sites (tertiary alicyclic amines) is 1. The second-order valence-electron chi connectivity index (χ2n) is 10.4. The summed E-state index contributed by atoms with van der Waals surface area (Å²) in [5.41, 5.74) is 3.53. The van der Waals surface area contributed by atoms with Gasteiger partial charge in [-0.3, -0.25) is 9.69 Å². The molecule has 1 aromatic heterocycles. The Labute approximate surface area is 214 Å². The zero-order valence-corrected chi connectivity index (χ0v) is 21.4. The Kier molecular flexibility index (Phi) is 7.71. The first-order valence-corrected chi connectivity index (χ1v) is 13.3. The molecule has 5 rings (SSSR count). The molecule has 1 fully saturated rings. The van der Waals surface area contributed by atoms with Crippen molar-refractivity contribution in [2.75, 3.05) is 33.3 Å². The number of hydrogen-bond acceptors (Lipinski definition) is 4. The van der Waals surface area contributed by atoms with Crippen molar-refractivity contribution in [1.82, 2.24) is 19.4 Å². The summed E-state index contributed by atoms with van der Waals surface area (Å²) in [4.78, 5) is 22.5. The Morgan fingerprint density at radius 3 is 2.53 bits per heavy atom. The van der Waals surface area contributed by atoms with Crippen molar-refractivity contribution in [3.8, 4) is 5.75 Å². The van der Waals surface area contributed by atoms with Crippen LogP contribution in [0.4, 0.5) is 0 Å². The summed E-state index contributed by atoms with van der Waals surface area (Å²) in [7, 11) is 1.94. The Morgan fingerprint density at radius 2 is 1.69 bits per heavy atom. The number of ether oxygens (including phenoxy) is 1. The summed E-state index contributed by atoms with van der Waals surface area (Å²) in [5.74, 6) is 1.27. The molecule has 0 saturated carbocycles. The van der Waals surface area contributed by atoms with Gasteiger partial charge in [-0.2, -0.15) is 0 Å². The number of aromatic nitrogens is 2. The quantitative estimate of drug-likeness (QED) is 0.533. The normalized spacial score (nSPS) is 19.2. The van der Waals surface area contributed by atoms with E-state index in [0.717, 1.165) is 70.5 Å². The van der Waals surface area contributed by atoms with Crippen LogP contribution < -0.4 is 4.74 Å².